The smallest absolute Gasteiger partial charge is 0.132 e. The highest BCUT2D eigenvalue weighted by atomic mass is 35.5. The molecule has 1 atom stereocenters. The average molecular weight is 359 g/mol. The van der Waals surface area contributed by atoms with E-state index < -0.39 is 0 Å². The number of rotatable bonds is 3. The lowest BCUT2D eigenvalue weighted by Gasteiger charge is -2.35. The summed E-state index contributed by atoms with van der Waals surface area (Å²) in [4.78, 5) is 3.29. The summed E-state index contributed by atoms with van der Waals surface area (Å²) in [7, 11) is 0. The van der Waals surface area contributed by atoms with Crippen molar-refractivity contribution in [2.24, 2.45) is 0 Å². The van der Waals surface area contributed by atoms with Crippen LogP contribution in [0.4, 0.5) is 4.39 Å². The van der Waals surface area contributed by atoms with Crippen LogP contribution in [0.3, 0.4) is 0 Å². The maximum Gasteiger partial charge on any atom is 0.132 e. The number of hydrogen-bond donors (Lipinski definition) is 1. The molecule has 1 saturated heterocycles. The molecule has 22 heavy (non-hydrogen) atoms. The van der Waals surface area contributed by atoms with Gasteiger partial charge in [-0.25, -0.2) is 4.39 Å². The summed E-state index contributed by atoms with van der Waals surface area (Å²) in [5.74, 6) is -0.222. The number of piperazine rings is 1. The molecule has 118 valence electrons. The summed E-state index contributed by atoms with van der Waals surface area (Å²) >= 11 is 13.9. The highest BCUT2D eigenvalue weighted by Crippen LogP contribution is 2.40. The normalized spacial score (nSPS) is 17.6. The lowest BCUT2D eigenvalue weighted by Crippen LogP contribution is -2.45. The number of hydrogen-bond acceptors (Lipinski definition) is 3. The molecule has 1 aromatic heterocycles. The first-order valence-corrected chi connectivity index (χ1v) is 8.79. The van der Waals surface area contributed by atoms with Crippen LogP contribution in [0, 0.1) is 12.7 Å². The first-order chi connectivity index (χ1) is 10.6. The van der Waals surface area contributed by atoms with Gasteiger partial charge in [-0.2, -0.15) is 0 Å². The second-order valence-corrected chi connectivity index (χ2v) is 7.58. The predicted octanol–water partition coefficient (Wildman–Crippen LogP) is 4.50. The maximum atomic E-state index is 14.8. The molecule has 3 rings (SSSR count). The van der Waals surface area contributed by atoms with Gasteiger partial charge in [0.2, 0.25) is 0 Å². The Labute approximate surface area is 143 Å². The lowest BCUT2D eigenvalue weighted by atomic mass is 9.99. The molecule has 0 aliphatic carbocycles. The minimum absolute atomic E-state index is 0.188. The molecular weight excluding hydrogens is 342 g/mol. The summed E-state index contributed by atoms with van der Waals surface area (Å²) in [6.45, 7) is 5.25. The van der Waals surface area contributed by atoms with Crippen LogP contribution >= 0.6 is 34.5 Å². The van der Waals surface area contributed by atoms with Gasteiger partial charge in [0.1, 0.15) is 5.82 Å². The molecule has 0 amide bonds. The van der Waals surface area contributed by atoms with Gasteiger partial charge < -0.3 is 5.32 Å². The van der Waals surface area contributed by atoms with E-state index in [4.69, 9.17) is 23.2 Å². The third kappa shape index (κ3) is 3.17. The van der Waals surface area contributed by atoms with Gasteiger partial charge in [0.15, 0.2) is 0 Å². The van der Waals surface area contributed by atoms with Crippen molar-refractivity contribution in [2.75, 3.05) is 26.2 Å². The molecule has 0 bridgehead atoms. The Morgan fingerprint density at radius 2 is 1.91 bits per heavy atom. The molecular formula is C16H17Cl2FN2S. The van der Waals surface area contributed by atoms with Crippen molar-refractivity contribution in [3.63, 3.8) is 0 Å². The lowest BCUT2D eigenvalue weighted by molar-refractivity contribution is 0.197. The van der Waals surface area contributed by atoms with E-state index >= 15 is 0 Å². The van der Waals surface area contributed by atoms with Crippen molar-refractivity contribution in [2.45, 2.75) is 13.0 Å². The monoisotopic (exact) mass is 358 g/mol. The highest BCUT2D eigenvalue weighted by molar-refractivity contribution is 7.16. The Morgan fingerprint density at radius 1 is 1.18 bits per heavy atom. The number of nitrogens with one attached hydrogen (secondary N) is 1. The minimum Gasteiger partial charge on any atom is -0.314 e. The zero-order valence-corrected chi connectivity index (χ0v) is 14.5. The zero-order valence-electron chi connectivity index (χ0n) is 12.2. The van der Waals surface area contributed by atoms with Crippen molar-refractivity contribution in [3.05, 3.63) is 55.4 Å². The molecule has 0 radical (unpaired) electrons. The molecule has 0 spiro atoms. The third-order valence-corrected chi connectivity index (χ3v) is 5.59. The Morgan fingerprint density at radius 3 is 2.55 bits per heavy atom. The van der Waals surface area contributed by atoms with Gasteiger partial charge in [0.05, 0.1) is 10.4 Å². The molecule has 1 fully saturated rings. The molecule has 6 heteroatoms. The third-order valence-electron chi connectivity index (χ3n) is 3.97. The molecule has 1 aliphatic rings. The Kier molecular flexibility index (Phi) is 5.05. The second kappa shape index (κ2) is 6.85. The summed E-state index contributed by atoms with van der Waals surface area (Å²) in [6.07, 6.45) is 0. The highest BCUT2D eigenvalue weighted by Gasteiger charge is 2.30. The van der Waals surface area contributed by atoms with Gasteiger partial charge in [-0.1, -0.05) is 29.3 Å². The van der Waals surface area contributed by atoms with Crippen LogP contribution in [0.5, 0.6) is 0 Å². The maximum absolute atomic E-state index is 14.8. The Hall–Kier alpha value is -0.650. The van der Waals surface area contributed by atoms with Crippen molar-refractivity contribution >= 4 is 34.5 Å². The van der Waals surface area contributed by atoms with E-state index in [1.165, 1.54) is 11.3 Å². The molecule has 2 nitrogen and oxygen atoms in total. The molecule has 1 N–H and O–H groups in total. The van der Waals surface area contributed by atoms with Crippen molar-refractivity contribution in [1.82, 2.24) is 10.2 Å². The molecule has 2 heterocycles. The van der Waals surface area contributed by atoms with Crippen LogP contribution in [0.15, 0.2) is 24.3 Å². The number of aryl methyl sites for hydroxylation is 1. The summed E-state index contributed by atoms with van der Waals surface area (Å²) in [5.41, 5.74) is 1.17. The fourth-order valence-electron chi connectivity index (χ4n) is 2.85. The van der Waals surface area contributed by atoms with Crippen molar-refractivity contribution < 1.29 is 4.39 Å². The van der Waals surface area contributed by atoms with Crippen LogP contribution in [0.1, 0.15) is 22.0 Å². The van der Waals surface area contributed by atoms with Crippen molar-refractivity contribution in [3.8, 4) is 0 Å². The molecule has 1 aliphatic heterocycles. The predicted molar refractivity (Wildman–Crippen MR) is 91.8 cm³/mol. The first kappa shape index (κ1) is 16.2. The minimum atomic E-state index is -0.222. The molecule has 0 saturated carbocycles. The number of nitrogens with zero attached hydrogens (tertiary/aromatic N) is 1. The summed E-state index contributed by atoms with van der Waals surface area (Å²) in [5, 5.41) is 3.80. The Balaban J connectivity index is 2.11. The fraction of sp³-hybridized carbons (Fsp3) is 0.375. The molecule has 1 aromatic carbocycles. The van der Waals surface area contributed by atoms with Crippen LogP contribution in [0.2, 0.25) is 9.36 Å². The standard InChI is InChI=1S/C16H17Cl2FN2S/c1-10-2-3-11(17)14(15(10)19)16(12-4-5-13(18)22-12)21-8-6-20-7-9-21/h2-5,16,20H,6-9H2,1H3/t16-/m1/s1. The number of benzene rings is 1. The van der Waals surface area contributed by atoms with E-state index in [0.29, 0.717) is 20.5 Å². The first-order valence-electron chi connectivity index (χ1n) is 7.22. The largest absolute Gasteiger partial charge is 0.314 e. The number of thiophene rings is 1. The second-order valence-electron chi connectivity index (χ2n) is 5.42. The summed E-state index contributed by atoms with van der Waals surface area (Å²) in [6, 6.07) is 7.14. The van der Waals surface area contributed by atoms with Gasteiger partial charge in [-0.05, 0) is 30.7 Å². The quantitative estimate of drug-likeness (QED) is 0.868. The van der Waals surface area contributed by atoms with E-state index in [2.05, 4.69) is 10.2 Å². The summed E-state index contributed by atoms with van der Waals surface area (Å²) < 4.78 is 15.5. The van der Waals surface area contributed by atoms with Crippen molar-refractivity contribution in [1.29, 1.82) is 0 Å². The van der Waals surface area contributed by atoms with Gasteiger partial charge >= 0.3 is 0 Å². The van der Waals surface area contributed by atoms with Crippen LogP contribution in [0.25, 0.3) is 0 Å². The van der Waals surface area contributed by atoms with Crippen LogP contribution in [-0.2, 0) is 0 Å². The number of halogens is 3. The van der Waals surface area contributed by atoms with E-state index in [0.717, 1.165) is 31.1 Å². The average Bonchev–Trinajstić information content (AvgIpc) is 2.94. The molecule has 0 unspecified atom stereocenters. The van der Waals surface area contributed by atoms with Gasteiger partial charge in [0.25, 0.3) is 0 Å². The van der Waals surface area contributed by atoms with Crippen LogP contribution < -0.4 is 5.32 Å². The molecule has 2 aromatic rings. The van der Waals surface area contributed by atoms with E-state index in [1.807, 2.05) is 12.1 Å². The van der Waals surface area contributed by atoms with Gasteiger partial charge in [-0.15, -0.1) is 11.3 Å². The Bertz CT molecular complexity index is 668. The van der Waals surface area contributed by atoms with E-state index in [1.54, 1.807) is 19.1 Å². The van der Waals surface area contributed by atoms with Crippen LogP contribution in [-0.4, -0.2) is 31.1 Å². The van der Waals surface area contributed by atoms with E-state index in [-0.39, 0.29) is 11.9 Å². The topological polar surface area (TPSA) is 15.3 Å². The van der Waals surface area contributed by atoms with E-state index in [9.17, 15) is 4.39 Å². The SMILES string of the molecule is Cc1ccc(Cl)c([C@@H](c2ccc(Cl)s2)N2CCNCC2)c1F. The zero-order chi connectivity index (χ0) is 15.7. The van der Waals surface area contributed by atoms with Gasteiger partial charge in [0, 0.05) is 41.6 Å². The van der Waals surface area contributed by atoms with Gasteiger partial charge in [-0.3, -0.25) is 4.90 Å². The fourth-order valence-corrected chi connectivity index (χ4v) is 4.30.